The number of hydrogen-bond acceptors (Lipinski definition) is 1. The molecule has 6 atom stereocenters. The fourth-order valence-electron chi connectivity index (χ4n) is 4.36. The minimum absolute atomic E-state index is 0.538. The summed E-state index contributed by atoms with van der Waals surface area (Å²) in [5.41, 5.74) is 0. The Kier molecular flexibility index (Phi) is 0.768. The molecule has 3 saturated carbocycles. The standard InChI is InChI=1S/C11H12O/c12-8-4-7-5-2-1-3-6(5)9-10(7)11(8)9/h1-2,5-7,9-11H,3-4H2/t5-,6+,7-,9-,10-,11-/m0/s1. The van der Waals surface area contributed by atoms with Crippen LogP contribution >= 0.6 is 0 Å². The summed E-state index contributed by atoms with van der Waals surface area (Å²) in [5, 5.41) is 0. The lowest BCUT2D eigenvalue weighted by Crippen LogP contribution is -2.11. The Morgan fingerprint density at radius 3 is 3.00 bits per heavy atom. The molecule has 0 aromatic heterocycles. The first kappa shape index (κ1) is 5.95. The van der Waals surface area contributed by atoms with Crippen LogP contribution in [-0.2, 0) is 4.79 Å². The Bertz CT molecular complexity index is 304. The zero-order valence-corrected chi connectivity index (χ0v) is 6.94. The van der Waals surface area contributed by atoms with Gasteiger partial charge in [0.1, 0.15) is 5.78 Å². The van der Waals surface area contributed by atoms with Crippen molar-refractivity contribution in [1.29, 1.82) is 0 Å². The summed E-state index contributed by atoms with van der Waals surface area (Å²) in [6.07, 6.45) is 6.91. The highest BCUT2D eigenvalue weighted by atomic mass is 16.1. The first-order valence-corrected chi connectivity index (χ1v) is 5.07. The van der Waals surface area contributed by atoms with E-state index in [0.29, 0.717) is 11.7 Å². The number of ketones is 1. The van der Waals surface area contributed by atoms with Gasteiger partial charge in [-0.15, -0.1) is 0 Å². The van der Waals surface area contributed by atoms with Gasteiger partial charge in [-0.25, -0.2) is 0 Å². The molecular weight excluding hydrogens is 148 g/mol. The smallest absolute Gasteiger partial charge is 0.136 e. The SMILES string of the molecule is O=C1C[C@H]2[C@H]3C=CC[C@H]3[C@@H]3[C@H]1[C@@H]23. The molecule has 0 bridgehead atoms. The predicted molar refractivity (Wildman–Crippen MR) is 44.3 cm³/mol. The van der Waals surface area contributed by atoms with Crippen LogP contribution in [0, 0.1) is 35.5 Å². The summed E-state index contributed by atoms with van der Waals surface area (Å²) in [6, 6.07) is 0. The van der Waals surface area contributed by atoms with Gasteiger partial charge in [-0.2, -0.15) is 0 Å². The van der Waals surface area contributed by atoms with E-state index in [2.05, 4.69) is 12.2 Å². The highest BCUT2D eigenvalue weighted by Crippen LogP contribution is 2.73. The molecule has 1 nitrogen and oxygen atoms in total. The van der Waals surface area contributed by atoms with E-state index < -0.39 is 0 Å². The summed E-state index contributed by atoms with van der Waals surface area (Å²) in [7, 11) is 0. The van der Waals surface area contributed by atoms with Crippen molar-refractivity contribution in [2.45, 2.75) is 12.8 Å². The molecule has 4 aliphatic rings. The third-order valence-corrected chi connectivity index (χ3v) is 4.69. The van der Waals surface area contributed by atoms with Gasteiger partial charge in [0.2, 0.25) is 0 Å². The molecule has 0 amide bonds. The molecule has 0 aromatic rings. The van der Waals surface area contributed by atoms with E-state index in [0.717, 1.165) is 36.0 Å². The average molecular weight is 160 g/mol. The van der Waals surface area contributed by atoms with Gasteiger partial charge in [0.25, 0.3) is 0 Å². The predicted octanol–water partition coefficient (Wildman–Crippen LogP) is 1.64. The van der Waals surface area contributed by atoms with Gasteiger partial charge >= 0.3 is 0 Å². The van der Waals surface area contributed by atoms with Crippen LogP contribution in [0.4, 0.5) is 0 Å². The Labute approximate surface area is 71.8 Å². The molecule has 4 aliphatic carbocycles. The minimum Gasteiger partial charge on any atom is -0.299 e. The zero-order chi connectivity index (χ0) is 7.87. The Hall–Kier alpha value is -0.590. The zero-order valence-electron chi connectivity index (χ0n) is 6.94. The van der Waals surface area contributed by atoms with Crippen LogP contribution in [0.25, 0.3) is 0 Å². The molecule has 0 saturated heterocycles. The summed E-state index contributed by atoms with van der Waals surface area (Å²) in [4.78, 5) is 11.5. The van der Waals surface area contributed by atoms with Crippen LogP contribution in [0.1, 0.15) is 12.8 Å². The molecule has 1 heteroatoms. The van der Waals surface area contributed by atoms with E-state index in [-0.39, 0.29) is 0 Å². The fourth-order valence-corrected chi connectivity index (χ4v) is 4.36. The van der Waals surface area contributed by atoms with Crippen molar-refractivity contribution in [1.82, 2.24) is 0 Å². The molecule has 62 valence electrons. The number of fused-ring (bicyclic) bond motifs is 4. The molecule has 0 spiro atoms. The van der Waals surface area contributed by atoms with Crippen LogP contribution in [0.5, 0.6) is 0 Å². The van der Waals surface area contributed by atoms with Gasteiger partial charge in [0.05, 0.1) is 0 Å². The Balaban J connectivity index is 1.83. The van der Waals surface area contributed by atoms with Crippen molar-refractivity contribution in [3.63, 3.8) is 0 Å². The van der Waals surface area contributed by atoms with Crippen molar-refractivity contribution >= 4 is 5.78 Å². The summed E-state index contributed by atoms with van der Waals surface area (Å²) in [6.45, 7) is 0. The summed E-state index contributed by atoms with van der Waals surface area (Å²) in [5.74, 6) is 5.28. The second-order valence-electron chi connectivity index (χ2n) is 4.92. The van der Waals surface area contributed by atoms with E-state index in [1.54, 1.807) is 0 Å². The molecule has 4 rings (SSSR count). The van der Waals surface area contributed by atoms with E-state index in [1.165, 1.54) is 6.42 Å². The van der Waals surface area contributed by atoms with E-state index in [4.69, 9.17) is 0 Å². The van der Waals surface area contributed by atoms with Crippen LogP contribution in [0.2, 0.25) is 0 Å². The van der Waals surface area contributed by atoms with E-state index in [1.807, 2.05) is 0 Å². The van der Waals surface area contributed by atoms with Crippen LogP contribution < -0.4 is 0 Å². The van der Waals surface area contributed by atoms with Crippen molar-refractivity contribution in [3.05, 3.63) is 12.2 Å². The Morgan fingerprint density at radius 1 is 1.25 bits per heavy atom. The molecule has 0 heterocycles. The quantitative estimate of drug-likeness (QED) is 0.492. The topological polar surface area (TPSA) is 17.1 Å². The lowest BCUT2D eigenvalue weighted by Gasteiger charge is -2.15. The largest absolute Gasteiger partial charge is 0.299 e. The molecule has 3 fully saturated rings. The van der Waals surface area contributed by atoms with Gasteiger partial charge in [-0.3, -0.25) is 4.79 Å². The van der Waals surface area contributed by atoms with Gasteiger partial charge in [-0.05, 0) is 36.0 Å². The number of carbonyl (C=O) groups is 1. The maximum atomic E-state index is 11.5. The van der Waals surface area contributed by atoms with Gasteiger partial charge in [0.15, 0.2) is 0 Å². The third-order valence-electron chi connectivity index (χ3n) is 4.69. The van der Waals surface area contributed by atoms with E-state index in [9.17, 15) is 4.79 Å². The normalized spacial score (nSPS) is 63.8. The number of hydrogen-bond donors (Lipinski definition) is 0. The number of Topliss-reactive ketones (excluding diaryl/α,β-unsaturated/α-hetero) is 1. The van der Waals surface area contributed by atoms with Crippen LogP contribution in [0.3, 0.4) is 0 Å². The highest BCUT2D eigenvalue weighted by molar-refractivity contribution is 5.88. The maximum Gasteiger partial charge on any atom is 0.136 e. The molecule has 0 aromatic carbocycles. The van der Waals surface area contributed by atoms with Crippen LogP contribution in [0.15, 0.2) is 12.2 Å². The molecule has 0 unspecified atom stereocenters. The lowest BCUT2D eigenvalue weighted by molar-refractivity contribution is -0.119. The number of rotatable bonds is 0. The lowest BCUT2D eigenvalue weighted by atomic mass is 9.88. The molecule has 0 radical (unpaired) electrons. The van der Waals surface area contributed by atoms with Crippen molar-refractivity contribution in [2.24, 2.45) is 35.5 Å². The van der Waals surface area contributed by atoms with Gasteiger partial charge < -0.3 is 0 Å². The number of allylic oxidation sites excluding steroid dienone is 2. The number of carbonyl (C=O) groups excluding carboxylic acids is 1. The maximum absolute atomic E-state index is 11.5. The van der Waals surface area contributed by atoms with Crippen molar-refractivity contribution in [3.8, 4) is 0 Å². The fraction of sp³-hybridized carbons (Fsp3) is 0.727. The second kappa shape index (κ2) is 1.55. The van der Waals surface area contributed by atoms with Crippen molar-refractivity contribution in [2.75, 3.05) is 0 Å². The van der Waals surface area contributed by atoms with Crippen LogP contribution in [-0.4, -0.2) is 5.78 Å². The molecule has 12 heavy (non-hydrogen) atoms. The summed E-state index contributed by atoms with van der Waals surface area (Å²) < 4.78 is 0. The first-order valence-electron chi connectivity index (χ1n) is 5.07. The second-order valence-corrected chi connectivity index (χ2v) is 4.92. The average Bonchev–Trinajstić information content (AvgIpc) is 2.41. The molecular formula is C11H12O. The monoisotopic (exact) mass is 160 g/mol. The molecule has 0 aliphatic heterocycles. The van der Waals surface area contributed by atoms with Gasteiger partial charge in [-0.1, -0.05) is 12.2 Å². The Morgan fingerprint density at radius 2 is 2.08 bits per heavy atom. The first-order chi connectivity index (χ1) is 5.88. The van der Waals surface area contributed by atoms with Crippen molar-refractivity contribution < 1.29 is 4.79 Å². The molecule has 0 N–H and O–H groups in total. The highest BCUT2D eigenvalue weighted by Gasteiger charge is 2.72. The minimum atomic E-state index is 0.538. The van der Waals surface area contributed by atoms with E-state index >= 15 is 0 Å². The van der Waals surface area contributed by atoms with Gasteiger partial charge in [0, 0.05) is 12.3 Å². The summed E-state index contributed by atoms with van der Waals surface area (Å²) >= 11 is 0. The third kappa shape index (κ3) is 0.429.